The summed E-state index contributed by atoms with van der Waals surface area (Å²) in [6.07, 6.45) is 0.704. The van der Waals surface area contributed by atoms with Crippen molar-refractivity contribution in [3.05, 3.63) is 72.3 Å². The summed E-state index contributed by atoms with van der Waals surface area (Å²) in [6, 6.07) is 13.8. The normalized spacial score (nSPS) is 13.4. The van der Waals surface area contributed by atoms with E-state index in [1.165, 1.54) is 6.08 Å². The van der Waals surface area contributed by atoms with Gasteiger partial charge in [0, 0.05) is 12.3 Å². The first-order chi connectivity index (χ1) is 16.0. The van der Waals surface area contributed by atoms with Crippen LogP contribution in [0.3, 0.4) is 0 Å². The molecule has 0 heterocycles. The van der Waals surface area contributed by atoms with Gasteiger partial charge in [-0.2, -0.15) is 0 Å². The Hall–Kier alpha value is -4.05. The Kier molecular flexibility index (Phi) is 7.87. The van der Waals surface area contributed by atoms with Gasteiger partial charge in [0.15, 0.2) is 0 Å². The number of hydrogen-bond acceptors (Lipinski definition) is 4. The van der Waals surface area contributed by atoms with Crippen LogP contribution in [0.1, 0.15) is 36.8 Å². The van der Waals surface area contributed by atoms with Gasteiger partial charge >= 0.3 is 12.1 Å². The van der Waals surface area contributed by atoms with E-state index in [2.05, 4.69) is 29.1 Å². The molecule has 0 saturated carbocycles. The predicted molar refractivity (Wildman–Crippen MR) is 124 cm³/mol. The minimum Gasteiger partial charge on any atom is -0.480 e. The SMILES string of the molecule is C=CCC(NC(=O)C(CC#CC)NC(=O)OCC1c2ccccc2-c2ccccc21)C(=O)O. The molecule has 0 bridgehead atoms. The van der Waals surface area contributed by atoms with Crippen LogP contribution in [0.2, 0.25) is 0 Å². The Bertz CT molecular complexity index is 1070. The van der Waals surface area contributed by atoms with Gasteiger partial charge in [0.1, 0.15) is 18.7 Å². The molecule has 7 nitrogen and oxygen atoms in total. The van der Waals surface area contributed by atoms with E-state index in [1.807, 2.05) is 48.5 Å². The number of ether oxygens (including phenoxy) is 1. The molecule has 3 rings (SSSR count). The number of nitrogens with one attached hydrogen (secondary N) is 2. The van der Waals surface area contributed by atoms with Gasteiger partial charge in [0.25, 0.3) is 0 Å². The highest BCUT2D eigenvalue weighted by atomic mass is 16.5. The molecule has 2 aromatic rings. The average Bonchev–Trinajstić information content (AvgIpc) is 3.13. The van der Waals surface area contributed by atoms with Crippen LogP contribution in [0.5, 0.6) is 0 Å². The first-order valence-electron chi connectivity index (χ1n) is 10.6. The summed E-state index contributed by atoms with van der Waals surface area (Å²) in [4.78, 5) is 36.5. The molecule has 0 aliphatic heterocycles. The monoisotopic (exact) mass is 446 g/mol. The number of amides is 2. The Morgan fingerprint density at radius 2 is 1.67 bits per heavy atom. The number of aliphatic carboxylic acids is 1. The van der Waals surface area contributed by atoms with E-state index in [0.717, 1.165) is 22.3 Å². The molecule has 1 aliphatic rings. The van der Waals surface area contributed by atoms with E-state index in [-0.39, 0.29) is 25.4 Å². The number of carbonyl (C=O) groups is 3. The maximum atomic E-state index is 12.6. The molecule has 170 valence electrons. The van der Waals surface area contributed by atoms with Crippen molar-refractivity contribution in [2.75, 3.05) is 6.61 Å². The van der Waals surface area contributed by atoms with E-state index in [4.69, 9.17) is 4.74 Å². The third kappa shape index (κ3) is 5.60. The zero-order chi connectivity index (χ0) is 23.8. The van der Waals surface area contributed by atoms with Gasteiger partial charge in [-0.05, 0) is 35.6 Å². The molecule has 7 heteroatoms. The Morgan fingerprint density at radius 1 is 1.06 bits per heavy atom. The molecular weight excluding hydrogens is 420 g/mol. The topological polar surface area (TPSA) is 105 Å². The lowest BCUT2D eigenvalue weighted by Crippen LogP contribution is -2.51. The molecular formula is C26H26N2O5. The van der Waals surface area contributed by atoms with Crippen LogP contribution >= 0.6 is 0 Å². The van der Waals surface area contributed by atoms with Gasteiger partial charge in [-0.1, -0.05) is 54.6 Å². The lowest BCUT2D eigenvalue weighted by Gasteiger charge is -2.20. The summed E-state index contributed by atoms with van der Waals surface area (Å²) in [5.74, 6) is 3.46. The zero-order valence-electron chi connectivity index (χ0n) is 18.3. The van der Waals surface area contributed by atoms with Crippen LogP contribution < -0.4 is 10.6 Å². The number of fused-ring (bicyclic) bond motifs is 3. The zero-order valence-corrected chi connectivity index (χ0v) is 18.3. The third-order valence-electron chi connectivity index (χ3n) is 5.45. The second-order valence-corrected chi connectivity index (χ2v) is 7.58. The molecule has 2 unspecified atom stereocenters. The van der Waals surface area contributed by atoms with Crippen LogP contribution in [0.25, 0.3) is 11.1 Å². The number of alkyl carbamates (subject to hydrolysis) is 1. The lowest BCUT2D eigenvalue weighted by molar-refractivity contribution is -0.142. The first-order valence-corrected chi connectivity index (χ1v) is 10.6. The maximum Gasteiger partial charge on any atom is 0.407 e. The fourth-order valence-corrected chi connectivity index (χ4v) is 3.86. The minimum atomic E-state index is -1.19. The summed E-state index contributed by atoms with van der Waals surface area (Å²) in [5.41, 5.74) is 4.37. The number of benzene rings is 2. The molecule has 2 aromatic carbocycles. The number of carboxylic acid groups (broad SMARTS) is 1. The second-order valence-electron chi connectivity index (χ2n) is 7.58. The van der Waals surface area contributed by atoms with Crippen molar-refractivity contribution >= 4 is 18.0 Å². The van der Waals surface area contributed by atoms with Crippen LogP contribution in [-0.2, 0) is 14.3 Å². The van der Waals surface area contributed by atoms with Crippen molar-refractivity contribution in [3.63, 3.8) is 0 Å². The molecule has 0 saturated heterocycles. The molecule has 0 aromatic heterocycles. The van der Waals surface area contributed by atoms with Gasteiger partial charge in [-0.3, -0.25) is 4.79 Å². The smallest absolute Gasteiger partial charge is 0.407 e. The molecule has 33 heavy (non-hydrogen) atoms. The first kappa shape index (κ1) is 23.6. The third-order valence-corrected chi connectivity index (χ3v) is 5.45. The van der Waals surface area contributed by atoms with Gasteiger partial charge in [0.2, 0.25) is 5.91 Å². The minimum absolute atomic E-state index is 0.0208. The summed E-state index contributed by atoms with van der Waals surface area (Å²) < 4.78 is 5.49. The van der Waals surface area contributed by atoms with Gasteiger partial charge < -0.3 is 20.5 Å². The molecule has 3 N–H and O–H groups in total. The Morgan fingerprint density at radius 3 is 2.21 bits per heavy atom. The largest absolute Gasteiger partial charge is 0.480 e. The van der Waals surface area contributed by atoms with Crippen molar-refractivity contribution in [2.45, 2.75) is 37.8 Å². The number of hydrogen-bond donors (Lipinski definition) is 3. The lowest BCUT2D eigenvalue weighted by atomic mass is 9.98. The van der Waals surface area contributed by atoms with E-state index in [0.29, 0.717) is 0 Å². The predicted octanol–water partition coefficient (Wildman–Crippen LogP) is 3.45. The fourth-order valence-electron chi connectivity index (χ4n) is 3.86. The highest BCUT2D eigenvalue weighted by Gasteiger charge is 2.30. The highest BCUT2D eigenvalue weighted by molar-refractivity contribution is 5.89. The van der Waals surface area contributed by atoms with Crippen LogP contribution in [0.15, 0.2) is 61.2 Å². The molecule has 1 aliphatic carbocycles. The molecule has 0 spiro atoms. The van der Waals surface area contributed by atoms with Crippen LogP contribution in [-0.4, -0.2) is 41.8 Å². The van der Waals surface area contributed by atoms with Crippen LogP contribution in [0.4, 0.5) is 4.79 Å². The number of carbonyl (C=O) groups excluding carboxylic acids is 2. The van der Waals surface area contributed by atoms with Gasteiger partial charge in [-0.25, -0.2) is 9.59 Å². The Balaban J connectivity index is 1.67. The summed E-state index contributed by atoms with van der Waals surface area (Å²) in [5, 5.41) is 14.2. The fraction of sp³-hybridized carbons (Fsp3) is 0.269. The summed E-state index contributed by atoms with van der Waals surface area (Å²) in [7, 11) is 0. The van der Waals surface area contributed by atoms with E-state index >= 15 is 0 Å². The van der Waals surface area contributed by atoms with Crippen LogP contribution in [0, 0.1) is 11.8 Å². The molecule has 2 atom stereocenters. The van der Waals surface area contributed by atoms with Gasteiger partial charge in [0.05, 0.1) is 0 Å². The van der Waals surface area contributed by atoms with E-state index in [9.17, 15) is 19.5 Å². The molecule has 0 fully saturated rings. The van der Waals surface area contributed by atoms with Crippen molar-refractivity contribution in [3.8, 4) is 23.0 Å². The Labute approximate surface area is 192 Å². The highest BCUT2D eigenvalue weighted by Crippen LogP contribution is 2.44. The maximum absolute atomic E-state index is 12.6. The van der Waals surface area contributed by atoms with Crippen molar-refractivity contribution in [1.82, 2.24) is 10.6 Å². The van der Waals surface area contributed by atoms with Crippen molar-refractivity contribution in [2.24, 2.45) is 0 Å². The van der Waals surface area contributed by atoms with E-state index in [1.54, 1.807) is 6.92 Å². The van der Waals surface area contributed by atoms with Gasteiger partial charge in [-0.15, -0.1) is 18.4 Å². The number of carboxylic acids is 1. The van der Waals surface area contributed by atoms with Crippen molar-refractivity contribution < 1.29 is 24.2 Å². The molecule has 2 amide bonds. The number of rotatable bonds is 9. The second kappa shape index (κ2) is 11.0. The molecule has 0 radical (unpaired) electrons. The summed E-state index contributed by atoms with van der Waals surface area (Å²) in [6.45, 7) is 5.21. The average molecular weight is 447 g/mol. The quantitative estimate of drug-likeness (QED) is 0.404. The standard InChI is InChI=1S/C26H26N2O5/c1-3-5-15-22(24(29)27-23(10-4-2)25(30)31)28-26(32)33-16-21-19-13-8-6-11-17(19)18-12-7-9-14-20(18)21/h4,6-9,11-14,21-23H,2,10,15-16H2,1H3,(H,27,29)(H,28,32)(H,30,31). The van der Waals surface area contributed by atoms with Crippen molar-refractivity contribution in [1.29, 1.82) is 0 Å². The summed E-state index contributed by atoms with van der Waals surface area (Å²) >= 11 is 0. The van der Waals surface area contributed by atoms with E-state index < -0.39 is 30.1 Å².